The lowest BCUT2D eigenvalue weighted by Gasteiger charge is -2.35. The molecule has 4 rings (SSSR count). The van der Waals surface area contributed by atoms with Crippen LogP contribution < -0.4 is 4.74 Å². The molecule has 0 unspecified atom stereocenters. The van der Waals surface area contributed by atoms with Crippen molar-refractivity contribution in [2.45, 2.75) is 32.6 Å². The van der Waals surface area contributed by atoms with E-state index in [1.165, 1.54) is 22.0 Å². The fraction of sp³-hybridized carbons (Fsp3) is 0.423. The molecule has 1 N–H and O–H groups in total. The van der Waals surface area contributed by atoms with E-state index in [9.17, 15) is 4.79 Å². The van der Waals surface area contributed by atoms with E-state index < -0.39 is 0 Å². The maximum absolute atomic E-state index is 13.4. The van der Waals surface area contributed by atoms with Crippen LogP contribution in [0.2, 0.25) is 0 Å². The number of H-pyrrole nitrogens is 1. The van der Waals surface area contributed by atoms with Gasteiger partial charge in [0.1, 0.15) is 5.75 Å². The Morgan fingerprint density at radius 1 is 1.10 bits per heavy atom. The predicted octanol–water partition coefficient (Wildman–Crippen LogP) is 4.43. The molecule has 1 amide bonds. The zero-order valence-corrected chi connectivity index (χ0v) is 18.9. The van der Waals surface area contributed by atoms with Gasteiger partial charge in [-0.3, -0.25) is 4.79 Å². The third-order valence-corrected chi connectivity index (χ3v) is 6.64. The smallest absolute Gasteiger partial charge is 0.223 e. The van der Waals surface area contributed by atoms with Crippen LogP contribution in [0.5, 0.6) is 5.75 Å². The molecule has 0 spiro atoms. The number of carbonyl (C=O) groups is 1. The summed E-state index contributed by atoms with van der Waals surface area (Å²) < 4.78 is 5.48. The van der Waals surface area contributed by atoms with Crippen LogP contribution in [-0.2, 0) is 11.2 Å². The van der Waals surface area contributed by atoms with E-state index in [1.807, 2.05) is 17.0 Å². The average molecular weight is 420 g/mol. The van der Waals surface area contributed by atoms with Gasteiger partial charge in [-0.25, -0.2) is 0 Å². The van der Waals surface area contributed by atoms with Crippen LogP contribution in [0.25, 0.3) is 10.9 Å². The molecular weight excluding hydrogens is 386 g/mol. The summed E-state index contributed by atoms with van der Waals surface area (Å²) in [5.41, 5.74) is 4.77. The molecule has 3 aromatic rings. The Morgan fingerprint density at radius 3 is 2.58 bits per heavy atom. The van der Waals surface area contributed by atoms with Gasteiger partial charge in [0.25, 0.3) is 0 Å². The van der Waals surface area contributed by atoms with Crippen molar-refractivity contribution in [3.05, 3.63) is 65.4 Å². The molecule has 0 aliphatic carbocycles. The fourth-order valence-electron chi connectivity index (χ4n) is 4.70. The van der Waals surface area contributed by atoms with Crippen LogP contribution in [0.4, 0.5) is 0 Å². The maximum Gasteiger partial charge on any atom is 0.223 e. The molecule has 1 fully saturated rings. The number of nitrogens with zero attached hydrogens (tertiary/aromatic N) is 2. The minimum Gasteiger partial charge on any atom is -0.497 e. The summed E-state index contributed by atoms with van der Waals surface area (Å²) in [4.78, 5) is 21.3. The number of piperazine rings is 1. The number of aromatic nitrogens is 1. The Balaban J connectivity index is 1.68. The van der Waals surface area contributed by atoms with Gasteiger partial charge in [-0.05, 0) is 41.8 Å². The number of para-hydroxylation sites is 1. The van der Waals surface area contributed by atoms with Crippen molar-refractivity contribution in [1.82, 2.24) is 14.8 Å². The predicted molar refractivity (Wildman–Crippen MR) is 126 cm³/mol. The second-order valence-corrected chi connectivity index (χ2v) is 8.29. The van der Waals surface area contributed by atoms with Gasteiger partial charge >= 0.3 is 0 Å². The zero-order chi connectivity index (χ0) is 21.8. The number of rotatable bonds is 7. The molecule has 5 heteroatoms. The molecule has 2 aromatic carbocycles. The van der Waals surface area contributed by atoms with E-state index >= 15 is 0 Å². The van der Waals surface area contributed by atoms with Gasteiger partial charge in [0.2, 0.25) is 5.91 Å². The van der Waals surface area contributed by atoms with Crippen molar-refractivity contribution in [3.63, 3.8) is 0 Å². The Kier molecular flexibility index (Phi) is 6.62. The SMILES string of the molecule is CCc1cccc2c([C@H](CC(=O)N3CCN(CC)CC3)c3cccc(OC)c3)c[nH]c12. The number of hydrogen-bond acceptors (Lipinski definition) is 3. The number of ether oxygens (including phenoxy) is 1. The first-order valence-electron chi connectivity index (χ1n) is 11.4. The van der Waals surface area contributed by atoms with Gasteiger partial charge in [0.05, 0.1) is 7.11 Å². The Hall–Kier alpha value is -2.79. The Morgan fingerprint density at radius 2 is 1.87 bits per heavy atom. The van der Waals surface area contributed by atoms with Crippen molar-refractivity contribution < 1.29 is 9.53 Å². The van der Waals surface area contributed by atoms with E-state index in [1.54, 1.807) is 7.11 Å². The van der Waals surface area contributed by atoms with Crippen LogP contribution >= 0.6 is 0 Å². The van der Waals surface area contributed by atoms with E-state index in [0.717, 1.165) is 50.5 Å². The molecule has 1 aromatic heterocycles. The number of aromatic amines is 1. The van der Waals surface area contributed by atoms with Gasteiger partial charge in [-0.2, -0.15) is 0 Å². The number of hydrogen-bond donors (Lipinski definition) is 1. The van der Waals surface area contributed by atoms with Crippen LogP contribution in [0.1, 0.15) is 42.9 Å². The minimum absolute atomic E-state index is 0.0207. The lowest BCUT2D eigenvalue weighted by Crippen LogP contribution is -2.48. The molecule has 164 valence electrons. The van der Waals surface area contributed by atoms with Gasteiger partial charge in [-0.15, -0.1) is 0 Å². The molecule has 1 atom stereocenters. The highest BCUT2D eigenvalue weighted by molar-refractivity contribution is 5.88. The van der Waals surface area contributed by atoms with Gasteiger partial charge < -0.3 is 19.5 Å². The van der Waals surface area contributed by atoms with E-state index in [-0.39, 0.29) is 11.8 Å². The first kappa shape index (κ1) is 21.4. The molecule has 1 aliphatic heterocycles. The van der Waals surface area contributed by atoms with Crippen molar-refractivity contribution >= 4 is 16.8 Å². The monoisotopic (exact) mass is 419 g/mol. The van der Waals surface area contributed by atoms with Crippen molar-refractivity contribution in [3.8, 4) is 5.75 Å². The topological polar surface area (TPSA) is 48.6 Å². The highest BCUT2D eigenvalue weighted by atomic mass is 16.5. The summed E-state index contributed by atoms with van der Waals surface area (Å²) in [5.74, 6) is 1.03. The third kappa shape index (κ3) is 4.47. The molecule has 0 bridgehead atoms. The summed E-state index contributed by atoms with van der Waals surface area (Å²) in [7, 11) is 1.69. The van der Waals surface area contributed by atoms with E-state index in [2.05, 4.69) is 60.3 Å². The van der Waals surface area contributed by atoms with Crippen LogP contribution in [0, 0.1) is 0 Å². The molecule has 5 nitrogen and oxygen atoms in total. The molecule has 1 aliphatic rings. The summed E-state index contributed by atoms with van der Waals surface area (Å²) in [6.07, 6.45) is 3.53. The molecule has 0 radical (unpaired) electrons. The van der Waals surface area contributed by atoms with Crippen molar-refractivity contribution in [1.29, 1.82) is 0 Å². The Bertz CT molecular complexity index is 1030. The number of aryl methyl sites for hydroxylation is 1. The largest absolute Gasteiger partial charge is 0.497 e. The van der Waals surface area contributed by atoms with Crippen LogP contribution in [0.15, 0.2) is 48.7 Å². The quantitative estimate of drug-likeness (QED) is 0.617. The van der Waals surface area contributed by atoms with Gasteiger partial charge in [0.15, 0.2) is 0 Å². The summed E-state index contributed by atoms with van der Waals surface area (Å²) in [5, 5.41) is 1.20. The zero-order valence-electron chi connectivity index (χ0n) is 18.9. The summed E-state index contributed by atoms with van der Waals surface area (Å²) in [6, 6.07) is 14.6. The van der Waals surface area contributed by atoms with Gasteiger partial charge in [-0.1, -0.05) is 44.2 Å². The number of amides is 1. The molecular formula is C26H33N3O2. The number of carbonyl (C=O) groups excluding carboxylic acids is 1. The van der Waals surface area contributed by atoms with Crippen molar-refractivity contribution in [2.24, 2.45) is 0 Å². The standard InChI is InChI=1S/C26H33N3O2/c1-4-19-8-7-11-22-24(18-27-26(19)22)23(20-9-6-10-21(16-20)31-3)17-25(30)29-14-12-28(5-2)13-15-29/h6-11,16,18,23,27H,4-5,12-15,17H2,1-3H3/t23-/m1/s1. The first-order valence-corrected chi connectivity index (χ1v) is 11.4. The first-order chi connectivity index (χ1) is 15.1. The number of nitrogens with one attached hydrogen (secondary N) is 1. The molecule has 2 heterocycles. The summed E-state index contributed by atoms with van der Waals surface area (Å²) in [6.45, 7) is 8.94. The van der Waals surface area contributed by atoms with Crippen LogP contribution in [0.3, 0.4) is 0 Å². The lowest BCUT2D eigenvalue weighted by atomic mass is 9.87. The normalized spacial score (nSPS) is 15.9. The highest BCUT2D eigenvalue weighted by Crippen LogP contribution is 2.36. The molecule has 1 saturated heterocycles. The number of likely N-dealkylation sites (N-methyl/N-ethyl adjacent to an activating group) is 1. The second-order valence-electron chi connectivity index (χ2n) is 8.29. The maximum atomic E-state index is 13.4. The highest BCUT2D eigenvalue weighted by Gasteiger charge is 2.27. The minimum atomic E-state index is -0.0207. The average Bonchev–Trinajstić information content (AvgIpc) is 3.26. The number of fused-ring (bicyclic) bond motifs is 1. The fourth-order valence-corrected chi connectivity index (χ4v) is 4.70. The second kappa shape index (κ2) is 9.56. The third-order valence-electron chi connectivity index (χ3n) is 6.64. The molecule has 31 heavy (non-hydrogen) atoms. The van der Waals surface area contributed by atoms with E-state index in [4.69, 9.17) is 4.74 Å². The lowest BCUT2D eigenvalue weighted by molar-refractivity contribution is -0.133. The number of benzene rings is 2. The van der Waals surface area contributed by atoms with Crippen LogP contribution in [-0.4, -0.2) is 60.5 Å². The Labute approximate surface area is 185 Å². The number of methoxy groups -OCH3 is 1. The summed E-state index contributed by atoms with van der Waals surface area (Å²) >= 11 is 0. The van der Waals surface area contributed by atoms with E-state index in [0.29, 0.717) is 6.42 Å². The van der Waals surface area contributed by atoms with Gasteiger partial charge in [0, 0.05) is 55.6 Å². The van der Waals surface area contributed by atoms with Crippen molar-refractivity contribution in [2.75, 3.05) is 39.8 Å². The molecule has 0 saturated carbocycles.